The number of aromatic nitrogens is 1. The van der Waals surface area contributed by atoms with Crippen molar-refractivity contribution in [2.24, 2.45) is 5.73 Å². The molecule has 4 nitrogen and oxygen atoms in total. The number of likely N-dealkylation sites (tertiary alicyclic amines) is 1. The Morgan fingerprint density at radius 1 is 1.35 bits per heavy atom. The number of carbonyl (C=O) groups is 1. The molecule has 1 aromatic carbocycles. The van der Waals surface area contributed by atoms with Crippen molar-refractivity contribution in [2.75, 3.05) is 6.54 Å². The summed E-state index contributed by atoms with van der Waals surface area (Å²) in [6, 6.07) is 7.43. The summed E-state index contributed by atoms with van der Waals surface area (Å²) in [5, 5.41) is 2.12. The van der Waals surface area contributed by atoms with Gasteiger partial charge in [-0.1, -0.05) is 23.7 Å². The van der Waals surface area contributed by atoms with Gasteiger partial charge in [0.25, 0.3) is 0 Å². The molecule has 2 aromatic rings. The molecule has 1 fully saturated rings. The quantitative estimate of drug-likeness (QED) is 0.684. The zero-order valence-electron chi connectivity index (χ0n) is 10.7. The van der Waals surface area contributed by atoms with Crippen LogP contribution in [0.4, 0.5) is 0 Å². The van der Waals surface area contributed by atoms with Crippen LogP contribution >= 0.6 is 24.0 Å². The summed E-state index contributed by atoms with van der Waals surface area (Å²) >= 11 is 6.40. The SMILES string of the molecule is Cl.N[C@H]1CCN(C(Cl)c2ccc3ccncc3c2)C1=O. The lowest BCUT2D eigenvalue weighted by molar-refractivity contribution is -0.129. The van der Waals surface area contributed by atoms with Crippen LogP contribution in [0, 0.1) is 0 Å². The molecule has 2 N–H and O–H groups in total. The maximum Gasteiger partial charge on any atom is 0.241 e. The topological polar surface area (TPSA) is 59.2 Å². The smallest absolute Gasteiger partial charge is 0.241 e. The van der Waals surface area contributed by atoms with Crippen molar-refractivity contribution in [1.82, 2.24) is 9.88 Å². The summed E-state index contributed by atoms with van der Waals surface area (Å²) in [6.07, 6.45) is 4.21. The average Bonchev–Trinajstić information content (AvgIpc) is 2.78. The van der Waals surface area contributed by atoms with Crippen molar-refractivity contribution in [3.8, 4) is 0 Å². The number of benzene rings is 1. The van der Waals surface area contributed by atoms with E-state index in [1.54, 1.807) is 17.3 Å². The maximum atomic E-state index is 11.9. The lowest BCUT2D eigenvalue weighted by Gasteiger charge is -2.23. The molecule has 0 aliphatic carbocycles. The number of amides is 1. The van der Waals surface area contributed by atoms with Gasteiger partial charge in [-0.3, -0.25) is 9.78 Å². The Morgan fingerprint density at radius 2 is 2.15 bits per heavy atom. The van der Waals surface area contributed by atoms with Gasteiger partial charge in [0.2, 0.25) is 5.91 Å². The van der Waals surface area contributed by atoms with Gasteiger partial charge in [0, 0.05) is 24.3 Å². The third-order valence-electron chi connectivity index (χ3n) is 3.49. The van der Waals surface area contributed by atoms with E-state index in [1.807, 2.05) is 24.3 Å². The van der Waals surface area contributed by atoms with Crippen LogP contribution < -0.4 is 5.73 Å². The Morgan fingerprint density at radius 3 is 2.85 bits per heavy atom. The Bertz CT molecular complexity index is 635. The van der Waals surface area contributed by atoms with Gasteiger partial charge in [0.05, 0.1) is 6.04 Å². The van der Waals surface area contributed by atoms with E-state index >= 15 is 0 Å². The first kappa shape index (κ1) is 15.0. The van der Waals surface area contributed by atoms with Gasteiger partial charge >= 0.3 is 0 Å². The highest BCUT2D eigenvalue weighted by Crippen LogP contribution is 2.30. The molecule has 1 aliphatic rings. The second-order valence-corrected chi connectivity index (χ2v) is 5.16. The molecule has 2 heterocycles. The number of alkyl halides is 1. The molecule has 1 unspecified atom stereocenters. The van der Waals surface area contributed by atoms with Crippen molar-refractivity contribution in [2.45, 2.75) is 18.0 Å². The minimum absolute atomic E-state index is 0. The second kappa shape index (κ2) is 5.95. The highest BCUT2D eigenvalue weighted by atomic mass is 35.5. The fourth-order valence-electron chi connectivity index (χ4n) is 2.38. The van der Waals surface area contributed by atoms with E-state index < -0.39 is 11.5 Å². The molecule has 0 spiro atoms. The predicted octanol–water partition coefficient (Wildman–Crippen LogP) is 2.45. The summed E-state index contributed by atoms with van der Waals surface area (Å²) in [6.45, 7) is 0.610. The number of nitrogens with two attached hydrogens (primary N) is 1. The number of hydrogen-bond donors (Lipinski definition) is 1. The molecule has 1 saturated heterocycles. The summed E-state index contributed by atoms with van der Waals surface area (Å²) in [4.78, 5) is 17.6. The minimum atomic E-state index is -0.467. The van der Waals surface area contributed by atoms with Crippen molar-refractivity contribution < 1.29 is 4.79 Å². The first-order valence-corrected chi connectivity index (χ1v) is 6.64. The van der Waals surface area contributed by atoms with Crippen LogP contribution in [0.1, 0.15) is 17.5 Å². The average molecular weight is 312 g/mol. The fourth-order valence-corrected chi connectivity index (χ4v) is 2.71. The van der Waals surface area contributed by atoms with Gasteiger partial charge in [-0.05, 0) is 29.5 Å². The summed E-state index contributed by atoms with van der Waals surface area (Å²) in [7, 11) is 0. The predicted molar refractivity (Wildman–Crippen MR) is 81.9 cm³/mol. The van der Waals surface area contributed by atoms with E-state index in [1.165, 1.54) is 0 Å². The largest absolute Gasteiger partial charge is 0.321 e. The van der Waals surface area contributed by atoms with Crippen LogP contribution in [0.3, 0.4) is 0 Å². The first-order valence-electron chi connectivity index (χ1n) is 6.20. The highest BCUT2D eigenvalue weighted by molar-refractivity contribution is 6.21. The van der Waals surface area contributed by atoms with Crippen molar-refractivity contribution in [1.29, 1.82) is 0 Å². The van der Waals surface area contributed by atoms with Crippen LogP contribution in [-0.2, 0) is 4.79 Å². The van der Waals surface area contributed by atoms with Crippen LogP contribution in [-0.4, -0.2) is 28.4 Å². The van der Waals surface area contributed by atoms with Gasteiger partial charge in [-0.2, -0.15) is 0 Å². The Hall–Kier alpha value is -1.36. The van der Waals surface area contributed by atoms with Gasteiger partial charge in [-0.15, -0.1) is 12.4 Å². The molecular weight excluding hydrogens is 297 g/mol. The Labute approximate surface area is 128 Å². The number of halogens is 2. The summed E-state index contributed by atoms with van der Waals surface area (Å²) in [5.74, 6) is -0.0775. The molecule has 1 aromatic heterocycles. The maximum absolute atomic E-state index is 11.9. The van der Waals surface area contributed by atoms with Crippen molar-refractivity contribution >= 4 is 40.7 Å². The van der Waals surface area contributed by atoms with E-state index in [9.17, 15) is 4.79 Å². The number of nitrogens with zero attached hydrogens (tertiary/aromatic N) is 2. The number of pyridine rings is 1. The molecule has 6 heteroatoms. The third-order valence-corrected chi connectivity index (χ3v) is 3.98. The van der Waals surface area contributed by atoms with E-state index in [4.69, 9.17) is 17.3 Å². The molecule has 0 bridgehead atoms. The summed E-state index contributed by atoms with van der Waals surface area (Å²) < 4.78 is 0. The van der Waals surface area contributed by atoms with Gasteiger partial charge in [-0.25, -0.2) is 0 Å². The normalized spacial score (nSPS) is 20.0. The number of carbonyl (C=O) groups excluding carboxylic acids is 1. The van der Waals surface area contributed by atoms with Crippen LogP contribution in [0.2, 0.25) is 0 Å². The van der Waals surface area contributed by atoms with Crippen LogP contribution in [0.15, 0.2) is 36.7 Å². The summed E-state index contributed by atoms with van der Waals surface area (Å²) in [5.41, 5.74) is 6.14. The molecule has 2 atom stereocenters. The van der Waals surface area contributed by atoms with Crippen LogP contribution in [0.5, 0.6) is 0 Å². The zero-order chi connectivity index (χ0) is 13.4. The molecular formula is C14H15Cl2N3O. The van der Waals surface area contributed by atoms with Gasteiger partial charge in [0.15, 0.2) is 0 Å². The first-order chi connectivity index (χ1) is 9.16. The molecule has 0 saturated carbocycles. The monoisotopic (exact) mass is 311 g/mol. The van der Waals surface area contributed by atoms with E-state index in [-0.39, 0.29) is 18.3 Å². The fraction of sp³-hybridized carbons (Fsp3) is 0.286. The molecule has 0 radical (unpaired) electrons. The highest BCUT2D eigenvalue weighted by Gasteiger charge is 2.33. The van der Waals surface area contributed by atoms with Crippen molar-refractivity contribution in [3.63, 3.8) is 0 Å². The lowest BCUT2D eigenvalue weighted by atomic mass is 10.1. The Kier molecular flexibility index (Phi) is 4.48. The lowest BCUT2D eigenvalue weighted by Crippen LogP contribution is -2.34. The standard InChI is InChI=1S/C14H14ClN3O.ClH/c15-13(18-6-4-12(16)14(18)19)10-2-1-9-3-5-17-8-11(9)7-10;/h1-3,5,7-8,12-13H,4,6,16H2;1H/t12-,13?;/m0./s1. The van der Waals surface area contributed by atoms with E-state index in [0.717, 1.165) is 16.3 Å². The van der Waals surface area contributed by atoms with Crippen molar-refractivity contribution in [3.05, 3.63) is 42.2 Å². The van der Waals surface area contributed by atoms with Crippen LogP contribution in [0.25, 0.3) is 10.8 Å². The Balaban J connectivity index is 0.00000147. The molecule has 3 rings (SSSR count). The number of fused-ring (bicyclic) bond motifs is 1. The third kappa shape index (κ3) is 2.59. The van der Waals surface area contributed by atoms with Gasteiger partial charge < -0.3 is 10.6 Å². The van der Waals surface area contributed by atoms with E-state index in [0.29, 0.717) is 13.0 Å². The molecule has 20 heavy (non-hydrogen) atoms. The number of hydrogen-bond acceptors (Lipinski definition) is 3. The van der Waals surface area contributed by atoms with Gasteiger partial charge in [0.1, 0.15) is 5.50 Å². The second-order valence-electron chi connectivity index (χ2n) is 4.74. The zero-order valence-corrected chi connectivity index (χ0v) is 12.3. The number of rotatable bonds is 2. The molecule has 1 aliphatic heterocycles. The minimum Gasteiger partial charge on any atom is -0.321 e. The molecule has 1 amide bonds. The van der Waals surface area contributed by atoms with E-state index in [2.05, 4.69) is 4.98 Å². The molecule has 106 valence electrons.